The number of ether oxygens (including phenoxy) is 1. The smallest absolute Gasteiger partial charge is 0.335 e. The molecular formula is C20H19ClN4O4. The minimum absolute atomic E-state index is 0.00486. The van der Waals surface area contributed by atoms with E-state index in [0.29, 0.717) is 29.4 Å². The highest BCUT2D eigenvalue weighted by Gasteiger charge is 2.21. The van der Waals surface area contributed by atoms with E-state index in [-0.39, 0.29) is 19.4 Å². The maximum Gasteiger partial charge on any atom is 0.335 e. The Morgan fingerprint density at radius 2 is 1.86 bits per heavy atom. The molecule has 0 radical (unpaired) electrons. The molecule has 0 unspecified atom stereocenters. The lowest BCUT2D eigenvalue weighted by atomic mass is 10.1. The van der Waals surface area contributed by atoms with Gasteiger partial charge in [0, 0.05) is 28.9 Å². The van der Waals surface area contributed by atoms with Crippen LogP contribution in [0.25, 0.3) is 11.1 Å². The van der Waals surface area contributed by atoms with Crippen LogP contribution >= 0.6 is 11.6 Å². The van der Waals surface area contributed by atoms with Gasteiger partial charge in [0.05, 0.1) is 24.7 Å². The van der Waals surface area contributed by atoms with Gasteiger partial charge in [0.1, 0.15) is 12.3 Å². The van der Waals surface area contributed by atoms with Gasteiger partial charge in [0.25, 0.3) is 0 Å². The second-order valence-electron chi connectivity index (χ2n) is 6.76. The molecule has 1 aliphatic rings. The lowest BCUT2D eigenvalue weighted by molar-refractivity contribution is -0.153. The zero-order valence-corrected chi connectivity index (χ0v) is 16.6. The molecular weight excluding hydrogens is 396 g/mol. The molecule has 0 N–H and O–H groups in total. The van der Waals surface area contributed by atoms with Crippen molar-refractivity contribution >= 4 is 23.5 Å². The Labute approximate surface area is 171 Å². The van der Waals surface area contributed by atoms with Crippen molar-refractivity contribution in [1.29, 1.82) is 0 Å². The molecule has 0 amide bonds. The number of esters is 1. The van der Waals surface area contributed by atoms with Crippen LogP contribution in [0.4, 0.5) is 0 Å². The second kappa shape index (κ2) is 8.08. The highest BCUT2D eigenvalue weighted by atomic mass is 35.5. The molecule has 29 heavy (non-hydrogen) atoms. The van der Waals surface area contributed by atoms with Gasteiger partial charge in [-0.15, -0.1) is 5.10 Å². The van der Waals surface area contributed by atoms with Crippen LogP contribution < -0.4 is 4.84 Å². The van der Waals surface area contributed by atoms with Crippen LogP contribution in [0.15, 0.2) is 36.7 Å². The standard InChI is InChI=1S/C20H19ClN4O4/c1-13-17(18-12-28-19(26)6-7-20(27)29-25(13)23-18)8-9-24-11-15(10-22-24)14-2-4-16(21)5-3-14/h2-5,10-11H,6-9,12H2,1H3. The van der Waals surface area contributed by atoms with Crippen molar-refractivity contribution in [2.45, 2.75) is 39.3 Å². The topological polar surface area (TPSA) is 88.2 Å². The number of carbonyl (C=O) groups is 2. The maximum atomic E-state index is 11.8. The summed E-state index contributed by atoms with van der Waals surface area (Å²) in [6.45, 7) is 2.46. The molecule has 150 valence electrons. The molecule has 0 spiro atoms. The van der Waals surface area contributed by atoms with Gasteiger partial charge in [-0.3, -0.25) is 9.48 Å². The minimum Gasteiger partial charge on any atom is -0.459 e. The zero-order chi connectivity index (χ0) is 20.4. The summed E-state index contributed by atoms with van der Waals surface area (Å²) in [7, 11) is 0. The summed E-state index contributed by atoms with van der Waals surface area (Å²) in [6, 6.07) is 7.57. The fourth-order valence-corrected chi connectivity index (χ4v) is 3.30. The summed E-state index contributed by atoms with van der Waals surface area (Å²) in [5, 5.41) is 9.38. The van der Waals surface area contributed by atoms with E-state index in [1.165, 1.54) is 4.85 Å². The van der Waals surface area contributed by atoms with Gasteiger partial charge in [0.2, 0.25) is 0 Å². The molecule has 4 rings (SSSR count). The summed E-state index contributed by atoms with van der Waals surface area (Å²) in [5.41, 5.74) is 4.17. The van der Waals surface area contributed by atoms with Crippen molar-refractivity contribution in [2.75, 3.05) is 0 Å². The Balaban J connectivity index is 1.52. The number of aromatic nitrogens is 4. The number of halogens is 1. The van der Waals surface area contributed by atoms with E-state index in [9.17, 15) is 9.59 Å². The van der Waals surface area contributed by atoms with Crippen LogP contribution in [-0.2, 0) is 33.9 Å². The number of rotatable bonds is 4. The first-order valence-electron chi connectivity index (χ1n) is 9.22. The molecule has 0 saturated heterocycles. The molecule has 0 saturated carbocycles. The summed E-state index contributed by atoms with van der Waals surface area (Å²) in [6.07, 6.45) is 4.31. The molecule has 1 aromatic carbocycles. The first kappa shape index (κ1) is 19.2. The van der Waals surface area contributed by atoms with E-state index < -0.39 is 11.9 Å². The molecule has 8 nitrogen and oxygen atoms in total. The summed E-state index contributed by atoms with van der Waals surface area (Å²) in [4.78, 5) is 30.0. The third-order valence-electron chi connectivity index (χ3n) is 4.78. The van der Waals surface area contributed by atoms with Gasteiger partial charge in [-0.1, -0.05) is 28.6 Å². The molecule has 0 aliphatic carbocycles. The van der Waals surface area contributed by atoms with Gasteiger partial charge in [-0.25, -0.2) is 4.79 Å². The molecule has 0 atom stereocenters. The summed E-state index contributed by atoms with van der Waals surface area (Å²) < 4.78 is 7.06. The SMILES string of the molecule is Cc1c(CCn2cc(-c3ccc(Cl)cc3)cn2)c2nn1OC(=O)CCC(=O)OC2. The van der Waals surface area contributed by atoms with Crippen LogP contribution in [0.3, 0.4) is 0 Å². The highest BCUT2D eigenvalue weighted by molar-refractivity contribution is 6.30. The maximum absolute atomic E-state index is 11.8. The average Bonchev–Trinajstić information content (AvgIpc) is 3.28. The fourth-order valence-electron chi connectivity index (χ4n) is 3.17. The summed E-state index contributed by atoms with van der Waals surface area (Å²) in [5.74, 6) is -0.964. The number of fused-ring (bicyclic) bond motifs is 2. The molecule has 1 aliphatic heterocycles. The van der Waals surface area contributed by atoms with Crippen LogP contribution in [0.1, 0.15) is 29.8 Å². The van der Waals surface area contributed by atoms with E-state index in [0.717, 1.165) is 16.7 Å². The van der Waals surface area contributed by atoms with Crippen LogP contribution in [0.2, 0.25) is 5.02 Å². The average molecular weight is 415 g/mol. The number of aryl methyl sites for hydroxylation is 1. The minimum atomic E-state index is -0.521. The van der Waals surface area contributed by atoms with E-state index in [4.69, 9.17) is 21.2 Å². The molecule has 0 fully saturated rings. The lowest BCUT2D eigenvalue weighted by Crippen LogP contribution is -2.24. The number of nitrogens with zero attached hydrogens (tertiary/aromatic N) is 4. The first-order chi connectivity index (χ1) is 14.0. The van der Waals surface area contributed by atoms with Crippen molar-refractivity contribution < 1.29 is 19.2 Å². The quantitative estimate of drug-likeness (QED) is 0.610. The second-order valence-corrected chi connectivity index (χ2v) is 7.19. The Kier molecular flexibility index (Phi) is 5.35. The normalized spacial score (nSPS) is 14.4. The van der Waals surface area contributed by atoms with Crippen molar-refractivity contribution in [3.8, 4) is 11.1 Å². The number of benzene rings is 1. The van der Waals surface area contributed by atoms with Gasteiger partial charge in [-0.2, -0.15) is 5.10 Å². The lowest BCUT2D eigenvalue weighted by Gasteiger charge is -2.06. The highest BCUT2D eigenvalue weighted by Crippen LogP contribution is 2.22. The Morgan fingerprint density at radius 1 is 1.10 bits per heavy atom. The van der Waals surface area contributed by atoms with E-state index in [1.54, 1.807) is 6.20 Å². The Morgan fingerprint density at radius 3 is 2.66 bits per heavy atom. The Bertz CT molecular complexity index is 1060. The predicted molar refractivity (Wildman–Crippen MR) is 104 cm³/mol. The van der Waals surface area contributed by atoms with Crippen molar-refractivity contribution in [2.24, 2.45) is 0 Å². The van der Waals surface area contributed by atoms with Crippen molar-refractivity contribution in [1.82, 2.24) is 19.7 Å². The molecule has 3 heterocycles. The molecule has 3 aromatic rings. The molecule has 9 heteroatoms. The van der Waals surface area contributed by atoms with E-state index >= 15 is 0 Å². The van der Waals surface area contributed by atoms with E-state index in [1.807, 2.05) is 42.1 Å². The fraction of sp³-hybridized carbons (Fsp3) is 0.300. The van der Waals surface area contributed by atoms with Gasteiger partial charge >= 0.3 is 11.9 Å². The van der Waals surface area contributed by atoms with Crippen LogP contribution in [0, 0.1) is 6.92 Å². The van der Waals surface area contributed by atoms with Crippen molar-refractivity contribution in [3.63, 3.8) is 0 Å². The predicted octanol–water partition coefficient (Wildman–Crippen LogP) is 2.74. The number of hydrogen-bond donors (Lipinski definition) is 0. The van der Waals surface area contributed by atoms with Gasteiger partial charge < -0.3 is 9.57 Å². The first-order valence-corrected chi connectivity index (χ1v) is 9.60. The Hall–Kier alpha value is -3.13. The van der Waals surface area contributed by atoms with Crippen LogP contribution in [-0.4, -0.2) is 31.7 Å². The summed E-state index contributed by atoms with van der Waals surface area (Å²) >= 11 is 5.94. The largest absolute Gasteiger partial charge is 0.459 e. The zero-order valence-electron chi connectivity index (χ0n) is 15.8. The number of hydrogen-bond acceptors (Lipinski definition) is 6. The van der Waals surface area contributed by atoms with Gasteiger partial charge in [0.15, 0.2) is 0 Å². The molecule has 2 aromatic heterocycles. The number of cyclic esters (lactones) is 1. The molecule has 2 bridgehead atoms. The third kappa shape index (κ3) is 4.32. The third-order valence-corrected chi connectivity index (χ3v) is 5.03. The number of carbonyl (C=O) groups excluding carboxylic acids is 2. The monoisotopic (exact) mass is 414 g/mol. The van der Waals surface area contributed by atoms with Crippen molar-refractivity contribution in [3.05, 3.63) is 58.6 Å². The van der Waals surface area contributed by atoms with E-state index in [2.05, 4.69) is 10.2 Å². The van der Waals surface area contributed by atoms with Crippen LogP contribution in [0.5, 0.6) is 0 Å². The van der Waals surface area contributed by atoms with Gasteiger partial charge in [-0.05, 0) is 31.0 Å².